The van der Waals surface area contributed by atoms with Crippen molar-refractivity contribution in [3.05, 3.63) is 52.9 Å². The van der Waals surface area contributed by atoms with E-state index in [9.17, 15) is 0 Å². The van der Waals surface area contributed by atoms with E-state index in [1.54, 1.807) is 42.4 Å². The number of anilines is 2. The number of nitrogens with one attached hydrogen (secondary N) is 1. The van der Waals surface area contributed by atoms with Crippen molar-refractivity contribution in [2.24, 2.45) is 7.05 Å². The van der Waals surface area contributed by atoms with Crippen LogP contribution in [0.3, 0.4) is 0 Å². The fraction of sp³-hybridized carbons (Fsp3) is 0.111. The summed E-state index contributed by atoms with van der Waals surface area (Å²) in [6, 6.07) is 7.02. The van der Waals surface area contributed by atoms with Crippen LogP contribution in [-0.4, -0.2) is 31.8 Å². The van der Waals surface area contributed by atoms with E-state index in [0.717, 1.165) is 5.56 Å². The zero-order valence-electron chi connectivity index (χ0n) is 14.4. The van der Waals surface area contributed by atoms with Crippen molar-refractivity contribution in [1.82, 2.24) is 24.7 Å². The highest BCUT2D eigenvalue weighted by atomic mass is 35.5. The van der Waals surface area contributed by atoms with Crippen LogP contribution >= 0.6 is 23.2 Å². The molecule has 4 aromatic rings. The van der Waals surface area contributed by atoms with Crippen molar-refractivity contribution < 1.29 is 4.74 Å². The minimum absolute atomic E-state index is 0.377. The Morgan fingerprint density at radius 3 is 2.67 bits per heavy atom. The Morgan fingerprint density at radius 2 is 1.93 bits per heavy atom. The fourth-order valence-corrected chi connectivity index (χ4v) is 3.14. The van der Waals surface area contributed by atoms with E-state index in [1.165, 1.54) is 0 Å². The number of hydrogen-bond acceptors (Lipinski definition) is 6. The second-order valence-corrected chi connectivity index (χ2v) is 6.55. The van der Waals surface area contributed by atoms with Gasteiger partial charge in [-0.2, -0.15) is 5.10 Å². The number of pyridine rings is 1. The highest BCUT2D eigenvalue weighted by molar-refractivity contribution is 6.40. The van der Waals surface area contributed by atoms with Gasteiger partial charge in [0.2, 0.25) is 0 Å². The van der Waals surface area contributed by atoms with Gasteiger partial charge in [-0.15, -0.1) is 0 Å². The van der Waals surface area contributed by atoms with Gasteiger partial charge in [0.25, 0.3) is 0 Å². The lowest BCUT2D eigenvalue weighted by molar-refractivity contribution is 0.415. The quantitative estimate of drug-likeness (QED) is 0.543. The zero-order chi connectivity index (χ0) is 19.0. The first kappa shape index (κ1) is 17.5. The Labute approximate surface area is 164 Å². The van der Waals surface area contributed by atoms with Gasteiger partial charge in [0, 0.05) is 18.8 Å². The molecule has 0 bridgehead atoms. The molecule has 0 amide bonds. The summed E-state index contributed by atoms with van der Waals surface area (Å²) in [5.74, 6) is 1.06. The lowest BCUT2D eigenvalue weighted by atomic mass is 10.2. The summed E-state index contributed by atoms with van der Waals surface area (Å²) in [5, 5.41) is 8.12. The van der Waals surface area contributed by atoms with E-state index in [1.807, 2.05) is 19.3 Å². The van der Waals surface area contributed by atoms with Crippen LogP contribution in [0.4, 0.5) is 11.5 Å². The molecule has 0 spiro atoms. The molecule has 1 aromatic carbocycles. The molecule has 0 fully saturated rings. The first-order chi connectivity index (χ1) is 13.0. The minimum atomic E-state index is 0.377. The van der Waals surface area contributed by atoms with Crippen molar-refractivity contribution in [3.8, 4) is 17.0 Å². The topological polar surface area (TPSA) is 77.8 Å². The number of hydrogen-bond donors (Lipinski definition) is 1. The summed E-state index contributed by atoms with van der Waals surface area (Å²) in [4.78, 5) is 13.5. The standard InChI is InChI=1S/C18H14Cl2N6O/c1-26-9-10(7-22-26)13-8-21-12-4-6-15(25-18(12)23-13)24-17-11(19)3-5-14(27-2)16(17)20/h3-9H,1-2H3,(H,23,24,25). The Balaban J connectivity index is 1.73. The number of halogens is 2. The molecule has 0 atom stereocenters. The van der Waals surface area contributed by atoms with E-state index in [-0.39, 0.29) is 0 Å². The summed E-state index contributed by atoms with van der Waals surface area (Å²) >= 11 is 12.6. The molecule has 1 N–H and O–H groups in total. The second-order valence-electron chi connectivity index (χ2n) is 5.76. The Bertz CT molecular complexity index is 1140. The number of ether oxygens (including phenoxy) is 1. The second kappa shape index (κ2) is 7.02. The first-order valence-corrected chi connectivity index (χ1v) is 8.72. The van der Waals surface area contributed by atoms with Gasteiger partial charge in [-0.3, -0.25) is 9.67 Å². The largest absolute Gasteiger partial charge is 0.495 e. The molecule has 0 saturated carbocycles. The number of aromatic nitrogens is 5. The number of nitrogens with zero attached hydrogens (tertiary/aromatic N) is 5. The van der Waals surface area contributed by atoms with Gasteiger partial charge in [0.05, 0.1) is 35.9 Å². The van der Waals surface area contributed by atoms with Gasteiger partial charge < -0.3 is 10.1 Å². The maximum atomic E-state index is 6.35. The van der Waals surface area contributed by atoms with E-state index in [4.69, 9.17) is 27.9 Å². The molecule has 136 valence electrons. The van der Waals surface area contributed by atoms with Gasteiger partial charge in [-0.25, -0.2) is 9.97 Å². The Kier molecular flexibility index (Phi) is 4.55. The smallest absolute Gasteiger partial charge is 0.180 e. The van der Waals surface area contributed by atoms with E-state index in [2.05, 4.69) is 25.4 Å². The summed E-state index contributed by atoms with van der Waals surface area (Å²) in [7, 11) is 3.39. The zero-order valence-corrected chi connectivity index (χ0v) is 16.0. The van der Waals surface area contributed by atoms with Crippen LogP contribution in [-0.2, 0) is 7.05 Å². The fourth-order valence-electron chi connectivity index (χ4n) is 2.59. The number of rotatable bonds is 4. The minimum Gasteiger partial charge on any atom is -0.495 e. The van der Waals surface area contributed by atoms with Gasteiger partial charge in [0.1, 0.15) is 22.1 Å². The monoisotopic (exact) mass is 400 g/mol. The molecule has 0 radical (unpaired) electrons. The van der Waals surface area contributed by atoms with Crippen LogP contribution in [0.2, 0.25) is 10.0 Å². The predicted octanol–water partition coefficient (Wildman–Crippen LogP) is 4.48. The molecule has 0 aliphatic rings. The highest BCUT2D eigenvalue weighted by Gasteiger charge is 2.13. The average molecular weight is 401 g/mol. The predicted molar refractivity (Wildman–Crippen MR) is 106 cm³/mol. The Hall–Kier alpha value is -2.90. The molecule has 27 heavy (non-hydrogen) atoms. The van der Waals surface area contributed by atoms with Crippen molar-refractivity contribution in [1.29, 1.82) is 0 Å². The van der Waals surface area contributed by atoms with Crippen LogP contribution in [0.15, 0.2) is 42.9 Å². The molecule has 3 aromatic heterocycles. The van der Waals surface area contributed by atoms with E-state index < -0.39 is 0 Å². The van der Waals surface area contributed by atoms with Gasteiger partial charge in [-0.05, 0) is 24.3 Å². The lowest BCUT2D eigenvalue weighted by Crippen LogP contribution is -1.99. The van der Waals surface area contributed by atoms with Crippen molar-refractivity contribution >= 4 is 45.9 Å². The van der Waals surface area contributed by atoms with Gasteiger partial charge in [-0.1, -0.05) is 23.2 Å². The van der Waals surface area contributed by atoms with Crippen LogP contribution in [0.25, 0.3) is 22.4 Å². The van der Waals surface area contributed by atoms with E-state index in [0.29, 0.717) is 44.2 Å². The van der Waals surface area contributed by atoms with Crippen molar-refractivity contribution in [3.63, 3.8) is 0 Å². The highest BCUT2D eigenvalue weighted by Crippen LogP contribution is 2.39. The number of methoxy groups -OCH3 is 1. The molecular weight excluding hydrogens is 387 g/mol. The molecule has 4 rings (SSSR count). The summed E-state index contributed by atoms with van der Waals surface area (Å²) in [6.45, 7) is 0. The summed E-state index contributed by atoms with van der Waals surface area (Å²) in [6.07, 6.45) is 5.30. The SMILES string of the molecule is COc1ccc(Cl)c(Nc2ccc3ncc(-c4cnn(C)c4)nc3n2)c1Cl. The summed E-state index contributed by atoms with van der Waals surface area (Å²) in [5.41, 5.74) is 3.25. The van der Waals surface area contributed by atoms with Crippen molar-refractivity contribution in [2.75, 3.05) is 12.4 Å². The van der Waals surface area contributed by atoms with Crippen molar-refractivity contribution in [2.45, 2.75) is 0 Å². The number of benzene rings is 1. The normalized spacial score (nSPS) is 11.0. The maximum Gasteiger partial charge on any atom is 0.180 e. The molecule has 7 nitrogen and oxygen atoms in total. The number of aryl methyl sites for hydroxylation is 1. The van der Waals surface area contributed by atoms with Gasteiger partial charge >= 0.3 is 0 Å². The molecule has 0 unspecified atom stereocenters. The first-order valence-electron chi connectivity index (χ1n) is 7.97. The van der Waals surface area contributed by atoms with Gasteiger partial charge in [0.15, 0.2) is 5.65 Å². The van der Waals surface area contributed by atoms with Crippen LogP contribution in [0.5, 0.6) is 5.75 Å². The third-order valence-electron chi connectivity index (χ3n) is 3.94. The van der Waals surface area contributed by atoms with Crippen LogP contribution < -0.4 is 10.1 Å². The summed E-state index contributed by atoms with van der Waals surface area (Å²) < 4.78 is 6.94. The maximum absolute atomic E-state index is 6.35. The number of fused-ring (bicyclic) bond motifs is 1. The third kappa shape index (κ3) is 3.39. The molecular formula is C18H14Cl2N6O. The lowest BCUT2D eigenvalue weighted by Gasteiger charge is -2.12. The molecule has 3 heterocycles. The van der Waals surface area contributed by atoms with Crippen LogP contribution in [0.1, 0.15) is 0 Å². The van der Waals surface area contributed by atoms with E-state index >= 15 is 0 Å². The molecule has 0 saturated heterocycles. The molecule has 0 aliphatic carbocycles. The average Bonchev–Trinajstić information content (AvgIpc) is 3.11. The third-order valence-corrected chi connectivity index (χ3v) is 4.63. The molecule has 9 heteroatoms. The Morgan fingerprint density at radius 1 is 1.07 bits per heavy atom. The van der Waals surface area contributed by atoms with Crippen LogP contribution in [0, 0.1) is 0 Å². The molecule has 0 aliphatic heterocycles.